The average molecular weight is 153 g/mol. The van der Waals surface area contributed by atoms with Gasteiger partial charge in [-0.1, -0.05) is 0 Å². The monoisotopic (exact) mass is 153 g/mol. The maximum Gasteiger partial charge on any atom is 0.169 e. The van der Waals surface area contributed by atoms with E-state index in [2.05, 4.69) is 10.2 Å². The summed E-state index contributed by atoms with van der Waals surface area (Å²) in [5, 5.41) is 8.04. The fourth-order valence-electron chi connectivity index (χ4n) is 1.28. The Bertz CT molecular complexity index is 203. The zero-order chi connectivity index (χ0) is 7.52. The molecule has 1 fully saturated rings. The third kappa shape index (κ3) is 1.40. The lowest BCUT2D eigenvalue weighted by atomic mass is 10.2. The van der Waals surface area contributed by atoms with Gasteiger partial charge in [-0.15, -0.1) is 0 Å². The third-order valence-corrected chi connectivity index (χ3v) is 1.85. The quantitative estimate of drug-likeness (QED) is 0.603. The van der Waals surface area contributed by atoms with Crippen LogP contribution >= 0.6 is 0 Å². The summed E-state index contributed by atoms with van der Waals surface area (Å²) in [6, 6.07) is 0. The van der Waals surface area contributed by atoms with Gasteiger partial charge in [-0.25, -0.2) is 0 Å². The number of rotatable bonds is 1. The molecule has 0 bridgehead atoms. The molecule has 2 heterocycles. The molecule has 1 atom stereocenters. The number of ether oxygens (including phenoxy) is 1. The van der Waals surface area contributed by atoms with Crippen molar-refractivity contribution in [2.75, 3.05) is 6.61 Å². The second-order valence-electron chi connectivity index (χ2n) is 2.67. The van der Waals surface area contributed by atoms with Gasteiger partial charge in [0.1, 0.15) is 0 Å². The van der Waals surface area contributed by atoms with Crippen LogP contribution in [0.3, 0.4) is 0 Å². The average Bonchev–Trinajstić information content (AvgIpc) is 2.58. The molecule has 1 aliphatic heterocycles. The van der Waals surface area contributed by atoms with Crippen LogP contribution in [0.15, 0.2) is 12.4 Å². The highest BCUT2D eigenvalue weighted by atomic mass is 16.5. The Hall–Kier alpha value is -0.900. The van der Waals surface area contributed by atoms with Crippen LogP contribution in [0.4, 0.5) is 0 Å². The van der Waals surface area contributed by atoms with Gasteiger partial charge in [0.2, 0.25) is 0 Å². The van der Waals surface area contributed by atoms with Crippen LogP contribution in [-0.4, -0.2) is 21.6 Å². The van der Waals surface area contributed by atoms with E-state index in [4.69, 9.17) is 4.74 Å². The highest BCUT2D eigenvalue weighted by molar-refractivity contribution is 4.64. The minimum atomic E-state index is 0.0822. The first-order valence-corrected chi connectivity index (χ1v) is 3.94. The Kier molecular flexibility index (Phi) is 1.85. The Morgan fingerprint density at radius 2 is 2.09 bits per heavy atom. The number of hydrogen-bond acceptors (Lipinski definition) is 3. The molecule has 1 aliphatic rings. The van der Waals surface area contributed by atoms with E-state index in [1.807, 2.05) is 0 Å². The molecule has 1 unspecified atom stereocenters. The van der Waals surface area contributed by atoms with Crippen LogP contribution in [0, 0.1) is 0 Å². The lowest BCUT2D eigenvalue weighted by molar-refractivity contribution is -0.0480. The van der Waals surface area contributed by atoms with E-state index in [1.54, 1.807) is 17.2 Å². The minimum absolute atomic E-state index is 0.0822. The number of nitrogens with zero attached hydrogens (tertiary/aromatic N) is 3. The summed E-state index contributed by atoms with van der Waals surface area (Å²) in [7, 11) is 0. The van der Waals surface area contributed by atoms with Gasteiger partial charge in [0.15, 0.2) is 6.23 Å². The van der Waals surface area contributed by atoms with E-state index in [1.165, 1.54) is 6.42 Å². The fraction of sp³-hybridized carbons (Fsp3) is 0.714. The Balaban J connectivity index is 2.04. The Morgan fingerprint density at radius 3 is 2.73 bits per heavy atom. The molecule has 4 nitrogen and oxygen atoms in total. The fourth-order valence-corrected chi connectivity index (χ4v) is 1.28. The van der Waals surface area contributed by atoms with Gasteiger partial charge in [0, 0.05) is 6.61 Å². The molecule has 1 saturated heterocycles. The van der Waals surface area contributed by atoms with Gasteiger partial charge in [-0.2, -0.15) is 15.0 Å². The van der Waals surface area contributed by atoms with Crippen LogP contribution in [0.5, 0.6) is 0 Å². The Labute approximate surface area is 65.2 Å². The largest absolute Gasteiger partial charge is 0.355 e. The van der Waals surface area contributed by atoms with Gasteiger partial charge in [-0.3, -0.25) is 0 Å². The maximum absolute atomic E-state index is 5.46. The summed E-state index contributed by atoms with van der Waals surface area (Å²) < 4.78 is 5.46. The summed E-state index contributed by atoms with van der Waals surface area (Å²) >= 11 is 0. The summed E-state index contributed by atoms with van der Waals surface area (Å²) in [6.07, 6.45) is 6.85. The van der Waals surface area contributed by atoms with Gasteiger partial charge in [0.25, 0.3) is 0 Å². The molecule has 0 saturated carbocycles. The Morgan fingerprint density at radius 1 is 1.27 bits per heavy atom. The van der Waals surface area contributed by atoms with E-state index in [0.717, 1.165) is 19.4 Å². The van der Waals surface area contributed by atoms with Crippen molar-refractivity contribution in [2.45, 2.75) is 25.5 Å². The SMILES string of the molecule is c1cnn(C2CCCCO2)n1. The van der Waals surface area contributed by atoms with E-state index >= 15 is 0 Å². The van der Waals surface area contributed by atoms with Crippen LogP contribution in [0.25, 0.3) is 0 Å². The van der Waals surface area contributed by atoms with Crippen molar-refractivity contribution in [1.82, 2.24) is 15.0 Å². The normalized spacial score (nSPS) is 25.3. The summed E-state index contributed by atoms with van der Waals surface area (Å²) in [5.41, 5.74) is 0. The van der Waals surface area contributed by atoms with Gasteiger partial charge >= 0.3 is 0 Å². The van der Waals surface area contributed by atoms with Crippen molar-refractivity contribution in [3.63, 3.8) is 0 Å². The topological polar surface area (TPSA) is 39.9 Å². The summed E-state index contributed by atoms with van der Waals surface area (Å²) in [6.45, 7) is 0.839. The van der Waals surface area contributed by atoms with Crippen molar-refractivity contribution < 1.29 is 4.74 Å². The number of aromatic nitrogens is 3. The van der Waals surface area contributed by atoms with Crippen LogP contribution < -0.4 is 0 Å². The van der Waals surface area contributed by atoms with E-state index in [0.29, 0.717) is 0 Å². The first-order chi connectivity index (χ1) is 5.47. The maximum atomic E-state index is 5.46. The van der Waals surface area contributed by atoms with E-state index < -0.39 is 0 Å². The molecule has 0 spiro atoms. The predicted octanol–water partition coefficient (Wildman–Crippen LogP) is 0.977. The van der Waals surface area contributed by atoms with Crippen molar-refractivity contribution >= 4 is 0 Å². The molecule has 1 aromatic rings. The zero-order valence-corrected chi connectivity index (χ0v) is 6.31. The summed E-state index contributed by atoms with van der Waals surface area (Å²) in [4.78, 5) is 1.64. The first-order valence-electron chi connectivity index (χ1n) is 3.94. The van der Waals surface area contributed by atoms with Crippen molar-refractivity contribution in [2.24, 2.45) is 0 Å². The van der Waals surface area contributed by atoms with Gasteiger partial charge < -0.3 is 4.74 Å². The highest BCUT2D eigenvalue weighted by Crippen LogP contribution is 2.19. The van der Waals surface area contributed by atoms with E-state index in [-0.39, 0.29) is 6.23 Å². The molecular weight excluding hydrogens is 142 g/mol. The molecule has 1 aromatic heterocycles. The van der Waals surface area contributed by atoms with Crippen molar-refractivity contribution in [1.29, 1.82) is 0 Å². The molecule has 4 heteroatoms. The first kappa shape index (κ1) is 6.79. The lowest BCUT2D eigenvalue weighted by Crippen LogP contribution is -2.20. The van der Waals surface area contributed by atoms with Crippen molar-refractivity contribution in [3.05, 3.63) is 12.4 Å². The summed E-state index contributed by atoms with van der Waals surface area (Å²) in [5.74, 6) is 0. The number of hydrogen-bond donors (Lipinski definition) is 0. The smallest absolute Gasteiger partial charge is 0.169 e. The predicted molar refractivity (Wildman–Crippen MR) is 38.9 cm³/mol. The van der Waals surface area contributed by atoms with Crippen LogP contribution in [0.1, 0.15) is 25.5 Å². The van der Waals surface area contributed by atoms with Crippen LogP contribution in [-0.2, 0) is 4.74 Å². The molecule has 0 N–H and O–H groups in total. The van der Waals surface area contributed by atoms with Crippen molar-refractivity contribution in [3.8, 4) is 0 Å². The standard InChI is InChI=1S/C7H11N3O/c1-2-6-11-7(3-1)10-8-4-5-9-10/h4-5,7H,1-3,6H2. The molecule has 60 valence electrons. The lowest BCUT2D eigenvalue weighted by Gasteiger charge is -2.21. The minimum Gasteiger partial charge on any atom is -0.355 e. The van der Waals surface area contributed by atoms with E-state index in [9.17, 15) is 0 Å². The third-order valence-electron chi connectivity index (χ3n) is 1.85. The molecule has 11 heavy (non-hydrogen) atoms. The molecule has 0 aromatic carbocycles. The molecular formula is C7H11N3O. The molecule has 0 aliphatic carbocycles. The molecule has 0 radical (unpaired) electrons. The van der Waals surface area contributed by atoms with Gasteiger partial charge in [-0.05, 0) is 19.3 Å². The van der Waals surface area contributed by atoms with Gasteiger partial charge in [0.05, 0.1) is 12.4 Å². The molecule has 0 amide bonds. The highest BCUT2D eigenvalue weighted by Gasteiger charge is 2.15. The molecule has 2 rings (SSSR count). The van der Waals surface area contributed by atoms with Crippen LogP contribution in [0.2, 0.25) is 0 Å². The second kappa shape index (κ2) is 3.00. The zero-order valence-electron chi connectivity index (χ0n) is 6.31. The second-order valence-corrected chi connectivity index (χ2v) is 2.67.